The summed E-state index contributed by atoms with van der Waals surface area (Å²) in [5.74, 6) is 0.0776. The highest BCUT2D eigenvalue weighted by atomic mass is 16.3. The summed E-state index contributed by atoms with van der Waals surface area (Å²) in [6.45, 7) is 1.95. The van der Waals surface area contributed by atoms with Gasteiger partial charge in [0.1, 0.15) is 0 Å². The van der Waals surface area contributed by atoms with E-state index in [9.17, 15) is 9.90 Å². The minimum Gasteiger partial charge on any atom is -0.396 e. The van der Waals surface area contributed by atoms with Gasteiger partial charge in [-0.1, -0.05) is 18.6 Å². The van der Waals surface area contributed by atoms with Gasteiger partial charge >= 0.3 is 0 Å². The first-order chi connectivity index (χ1) is 9.21. The molecule has 1 heterocycles. The molecule has 0 spiro atoms. The molecule has 3 N–H and O–H groups in total. The summed E-state index contributed by atoms with van der Waals surface area (Å²) < 4.78 is 0. The number of rotatable bonds is 5. The van der Waals surface area contributed by atoms with Gasteiger partial charge in [0, 0.05) is 30.8 Å². The zero-order valence-corrected chi connectivity index (χ0v) is 11.0. The number of nitrogens with one attached hydrogen (secondary N) is 2. The highest BCUT2D eigenvalue weighted by Gasteiger charge is 2.35. The SMILES string of the molecule is O=C1Cc2cc(CNCC3(CO)CCC3)ccc2N1. The Hall–Kier alpha value is -1.39. The number of carbonyl (C=O) groups is 1. The van der Waals surface area contributed by atoms with E-state index in [0.717, 1.165) is 37.2 Å². The van der Waals surface area contributed by atoms with Crippen molar-refractivity contribution in [3.63, 3.8) is 0 Å². The van der Waals surface area contributed by atoms with Gasteiger partial charge in [0.05, 0.1) is 6.42 Å². The van der Waals surface area contributed by atoms with Crippen LogP contribution in [0.3, 0.4) is 0 Å². The van der Waals surface area contributed by atoms with Crippen molar-refractivity contribution in [3.05, 3.63) is 29.3 Å². The topological polar surface area (TPSA) is 61.4 Å². The summed E-state index contributed by atoms with van der Waals surface area (Å²) in [6.07, 6.45) is 3.97. The molecule has 1 fully saturated rings. The maximum atomic E-state index is 11.3. The molecule has 1 saturated carbocycles. The van der Waals surface area contributed by atoms with Gasteiger partial charge in [-0.25, -0.2) is 0 Å². The summed E-state index contributed by atoms with van der Waals surface area (Å²) >= 11 is 0. The third kappa shape index (κ3) is 2.51. The van der Waals surface area contributed by atoms with Crippen molar-refractivity contribution >= 4 is 11.6 Å². The van der Waals surface area contributed by atoms with Crippen LogP contribution in [0.2, 0.25) is 0 Å². The fourth-order valence-electron chi connectivity index (χ4n) is 2.93. The van der Waals surface area contributed by atoms with E-state index in [-0.39, 0.29) is 17.9 Å². The molecular formula is C15H20N2O2. The molecule has 0 atom stereocenters. The van der Waals surface area contributed by atoms with E-state index in [2.05, 4.69) is 16.7 Å². The lowest BCUT2D eigenvalue weighted by atomic mass is 9.69. The Morgan fingerprint density at radius 3 is 2.89 bits per heavy atom. The standard InChI is InChI=1S/C15H20N2O2/c18-10-15(4-1-5-15)9-16-8-11-2-3-13-12(6-11)7-14(19)17-13/h2-3,6,16,18H,1,4-5,7-10H2,(H,17,19). The molecule has 1 amide bonds. The van der Waals surface area contributed by atoms with Crippen LogP contribution in [0.15, 0.2) is 18.2 Å². The van der Waals surface area contributed by atoms with Crippen molar-refractivity contribution in [2.45, 2.75) is 32.2 Å². The lowest BCUT2D eigenvalue weighted by Gasteiger charge is -2.40. The lowest BCUT2D eigenvalue weighted by Crippen LogP contribution is -2.42. The first kappa shape index (κ1) is 12.6. The van der Waals surface area contributed by atoms with Crippen LogP contribution >= 0.6 is 0 Å². The fraction of sp³-hybridized carbons (Fsp3) is 0.533. The van der Waals surface area contributed by atoms with E-state index < -0.39 is 0 Å². The van der Waals surface area contributed by atoms with Crippen LogP contribution in [0.25, 0.3) is 0 Å². The Balaban J connectivity index is 1.56. The average Bonchev–Trinajstić information content (AvgIpc) is 2.72. The maximum absolute atomic E-state index is 11.3. The Labute approximate surface area is 113 Å². The summed E-state index contributed by atoms with van der Waals surface area (Å²) in [5, 5.41) is 15.7. The molecule has 1 aromatic carbocycles. The van der Waals surface area contributed by atoms with E-state index in [1.165, 1.54) is 12.0 Å². The number of aliphatic hydroxyl groups excluding tert-OH is 1. The zero-order valence-electron chi connectivity index (χ0n) is 11.0. The molecule has 0 unspecified atom stereocenters. The molecule has 4 nitrogen and oxygen atoms in total. The van der Waals surface area contributed by atoms with Crippen LogP contribution in [0.5, 0.6) is 0 Å². The second-order valence-corrected chi connectivity index (χ2v) is 5.83. The third-order valence-electron chi connectivity index (χ3n) is 4.37. The van der Waals surface area contributed by atoms with Crippen LogP contribution in [-0.2, 0) is 17.8 Å². The molecule has 0 saturated heterocycles. The second kappa shape index (κ2) is 4.94. The van der Waals surface area contributed by atoms with E-state index in [0.29, 0.717) is 6.42 Å². The number of fused-ring (bicyclic) bond motifs is 1. The largest absolute Gasteiger partial charge is 0.396 e. The first-order valence-electron chi connectivity index (χ1n) is 6.94. The van der Waals surface area contributed by atoms with Crippen molar-refractivity contribution in [1.29, 1.82) is 0 Å². The van der Waals surface area contributed by atoms with E-state index >= 15 is 0 Å². The van der Waals surface area contributed by atoms with Crippen molar-refractivity contribution < 1.29 is 9.90 Å². The van der Waals surface area contributed by atoms with Gasteiger partial charge in [0.2, 0.25) is 5.91 Å². The monoisotopic (exact) mass is 260 g/mol. The minimum absolute atomic E-state index is 0.0776. The quantitative estimate of drug-likeness (QED) is 0.750. The van der Waals surface area contributed by atoms with Crippen LogP contribution in [-0.4, -0.2) is 24.2 Å². The van der Waals surface area contributed by atoms with Gasteiger partial charge in [0.25, 0.3) is 0 Å². The average molecular weight is 260 g/mol. The smallest absolute Gasteiger partial charge is 0.228 e. The molecule has 19 heavy (non-hydrogen) atoms. The number of carbonyl (C=O) groups excluding carboxylic acids is 1. The molecular weight excluding hydrogens is 240 g/mol. The highest BCUT2D eigenvalue weighted by Crippen LogP contribution is 2.39. The Morgan fingerprint density at radius 1 is 1.37 bits per heavy atom. The van der Waals surface area contributed by atoms with Crippen LogP contribution in [0.1, 0.15) is 30.4 Å². The number of aliphatic hydroxyl groups is 1. The highest BCUT2D eigenvalue weighted by molar-refractivity contribution is 5.99. The van der Waals surface area contributed by atoms with Crippen molar-refractivity contribution in [2.24, 2.45) is 5.41 Å². The Bertz CT molecular complexity index is 489. The van der Waals surface area contributed by atoms with Crippen molar-refractivity contribution in [3.8, 4) is 0 Å². The van der Waals surface area contributed by atoms with E-state index in [4.69, 9.17) is 0 Å². The summed E-state index contributed by atoms with van der Waals surface area (Å²) in [6, 6.07) is 6.11. The van der Waals surface area contributed by atoms with Gasteiger partial charge in [-0.05, 0) is 30.0 Å². The van der Waals surface area contributed by atoms with E-state index in [1.807, 2.05) is 12.1 Å². The van der Waals surface area contributed by atoms with Crippen LogP contribution < -0.4 is 10.6 Å². The molecule has 4 heteroatoms. The minimum atomic E-state index is 0.0776. The van der Waals surface area contributed by atoms with Crippen molar-refractivity contribution in [2.75, 3.05) is 18.5 Å². The zero-order chi connectivity index (χ0) is 13.3. The fourth-order valence-corrected chi connectivity index (χ4v) is 2.93. The molecule has 102 valence electrons. The molecule has 1 aliphatic heterocycles. The second-order valence-electron chi connectivity index (χ2n) is 5.83. The Morgan fingerprint density at radius 2 is 2.21 bits per heavy atom. The normalized spacial score (nSPS) is 19.7. The predicted molar refractivity (Wildman–Crippen MR) is 73.9 cm³/mol. The van der Waals surface area contributed by atoms with Gasteiger partial charge < -0.3 is 15.7 Å². The van der Waals surface area contributed by atoms with Gasteiger partial charge in [0.15, 0.2) is 0 Å². The summed E-state index contributed by atoms with van der Waals surface area (Å²) in [7, 11) is 0. The number of hydrogen-bond donors (Lipinski definition) is 3. The molecule has 0 bridgehead atoms. The number of benzene rings is 1. The summed E-state index contributed by atoms with van der Waals surface area (Å²) in [4.78, 5) is 11.3. The van der Waals surface area contributed by atoms with Crippen LogP contribution in [0.4, 0.5) is 5.69 Å². The number of anilines is 1. The molecule has 1 aromatic rings. The molecule has 3 rings (SSSR count). The summed E-state index contributed by atoms with van der Waals surface area (Å²) in [5.41, 5.74) is 3.35. The van der Waals surface area contributed by atoms with Crippen LogP contribution in [0, 0.1) is 5.41 Å². The molecule has 0 radical (unpaired) electrons. The Kier molecular flexibility index (Phi) is 3.29. The lowest BCUT2D eigenvalue weighted by molar-refractivity contribution is -0.115. The predicted octanol–water partition coefficient (Wildman–Crippen LogP) is 1.43. The van der Waals surface area contributed by atoms with Crippen molar-refractivity contribution in [1.82, 2.24) is 5.32 Å². The van der Waals surface area contributed by atoms with Gasteiger partial charge in [-0.3, -0.25) is 4.79 Å². The molecule has 2 aliphatic rings. The van der Waals surface area contributed by atoms with Gasteiger partial charge in [-0.15, -0.1) is 0 Å². The number of amides is 1. The third-order valence-corrected chi connectivity index (χ3v) is 4.37. The number of hydrogen-bond acceptors (Lipinski definition) is 3. The maximum Gasteiger partial charge on any atom is 0.228 e. The van der Waals surface area contributed by atoms with E-state index in [1.54, 1.807) is 0 Å². The molecule has 0 aromatic heterocycles. The van der Waals surface area contributed by atoms with Gasteiger partial charge in [-0.2, -0.15) is 0 Å². The molecule has 1 aliphatic carbocycles. The first-order valence-corrected chi connectivity index (χ1v) is 6.94.